The van der Waals surface area contributed by atoms with Gasteiger partial charge in [0, 0.05) is 31.2 Å². The molecular weight excluding hydrogens is 334 g/mol. The third-order valence-corrected chi connectivity index (χ3v) is 4.65. The standard InChI is InChI=1S/C15H20BrN3O2/c1-2-18-14(20)10-6-8-19(9-7-10)15(21)11-4-3-5-12(17)13(11)16/h3-5,10H,2,6-9,17H2,1H3,(H,18,20). The maximum atomic E-state index is 12.5. The van der Waals surface area contributed by atoms with E-state index in [-0.39, 0.29) is 17.7 Å². The van der Waals surface area contributed by atoms with Crippen molar-refractivity contribution in [2.45, 2.75) is 19.8 Å². The molecule has 1 aromatic carbocycles. The van der Waals surface area contributed by atoms with Gasteiger partial charge in [-0.3, -0.25) is 9.59 Å². The van der Waals surface area contributed by atoms with Crippen LogP contribution in [0.15, 0.2) is 22.7 Å². The van der Waals surface area contributed by atoms with Crippen LogP contribution in [0, 0.1) is 5.92 Å². The number of hydrogen-bond acceptors (Lipinski definition) is 3. The van der Waals surface area contributed by atoms with Crippen molar-refractivity contribution < 1.29 is 9.59 Å². The second-order valence-corrected chi connectivity index (χ2v) is 5.96. The van der Waals surface area contributed by atoms with Gasteiger partial charge in [-0.25, -0.2) is 0 Å². The maximum absolute atomic E-state index is 12.5. The van der Waals surface area contributed by atoms with Gasteiger partial charge in [0.25, 0.3) is 5.91 Å². The van der Waals surface area contributed by atoms with Gasteiger partial charge in [0.1, 0.15) is 0 Å². The number of nitrogens with one attached hydrogen (secondary N) is 1. The Bertz CT molecular complexity index is 540. The largest absolute Gasteiger partial charge is 0.398 e. The van der Waals surface area contributed by atoms with Crippen molar-refractivity contribution in [3.8, 4) is 0 Å². The summed E-state index contributed by atoms with van der Waals surface area (Å²) in [7, 11) is 0. The highest BCUT2D eigenvalue weighted by Crippen LogP contribution is 2.26. The first kappa shape index (κ1) is 15.8. The fourth-order valence-electron chi connectivity index (χ4n) is 2.55. The second kappa shape index (κ2) is 6.93. The lowest BCUT2D eigenvalue weighted by Gasteiger charge is -2.31. The Morgan fingerprint density at radius 2 is 2.05 bits per heavy atom. The predicted molar refractivity (Wildman–Crippen MR) is 85.9 cm³/mol. The van der Waals surface area contributed by atoms with Gasteiger partial charge in [-0.15, -0.1) is 0 Å². The van der Waals surface area contributed by atoms with Crippen LogP contribution in [-0.4, -0.2) is 36.3 Å². The molecule has 3 N–H and O–H groups in total. The number of hydrogen-bond donors (Lipinski definition) is 2. The molecule has 1 saturated heterocycles. The van der Waals surface area contributed by atoms with Gasteiger partial charge in [0.15, 0.2) is 0 Å². The van der Waals surface area contributed by atoms with Crippen LogP contribution >= 0.6 is 15.9 Å². The lowest BCUT2D eigenvalue weighted by Crippen LogP contribution is -2.43. The molecule has 1 fully saturated rings. The van der Waals surface area contributed by atoms with Crippen molar-refractivity contribution in [3.63, 3.8) is 0 Å². The summed E-state index contributed by atoms with van der Waals surface area (Å²) < 4.78 is 0.640. The lowest BCUT2D eigenvalue weighted by molar-refractivity contribution is -0.126. The third kappa shape index (κ3) is 3.56. The van der Waals surface area contributed by atoms with Crippen LogP contribution in [0.3, 0.4) is 0 Å². The van der Waals surface area contributed by atoms with E-state index in [1.807, 2.05) is 6.92 Å². The van der Waals surface area contributed by atoms with E-state index < -0.39 is 0 Å². The van der Waals surface area contributed by atoms with Gasteiger partial charge in [0.05, 0.1) is 10.0 Å². The summed E-state index contributed by atoms with van der Waals surface area (Å²) in [4.78, 5) is 26.1. The van der Waals surface area contributed by atoms with E-state index >= 15 is 0 Å². The van der Waals surface area contributed by atoms with Crippen molar-refractivity contribution in [2.75, 3.05) is 25.4 Å². The first-order valence-electron chi connectivity index (χ1n) is 7.15. The normalized spacial score (nSPS) is 15.8. The minimum atomic E-state index is -0.0384. The highest BCUT2D eigenvalue weighted by molar-refractivity contribution is 9.10. The number of likely N-dealkylation sites (tertiary alicyclic amines) is 1. The zero-order valence-electron chi connectivity index (χ0n) is 12.1. The summed E-state index contributed by atoms with van der Waals surface area (Å²) in [5, 5.41) is 2.84. The Balaban J connectivity index is 2.00. The number of benzene rings is 1. The first-order chi connectivity index (χ1) is 10.0. The minimum Gasteiger partial charge on any atom is -0.398 e. The van der Waals surface area contributed by atoms with Crippen molar-refractivity contribution in [1.29, 1.82) is 0 Å². The van der Waals surface area contributed by atoms with Crippen molar-refractivity contribution >= 4 is 33.4 Å². The summed E-state index contributed by atoms with van der Waals surface area (Å²) >= 11 is 3.37. The topological polar surface area (TPSA) is 75.4 Å². The number of halogens is 1. The van der Waals surface area contributed by atoms with Crippen LogP contribution in [0.4, 0.5) is 5.69 Å². The molecule has 0 aromatic heterocycles. The van der Waals surface area contributed by atoms with E-state index in [4.69, 9.17) is 5.73 Å². The van der Waals surface area contributed by atoms with E-state index in [2.05, 4.69) is 21.2 Å². The quantitative estimate of drug-likeness (QED) is 0.816. The van der Waals surface area contributed by atoms with Gasteiger partial charge >= 0.3 is 0 Å². The summed E-state index contributed by atoms with van der Waals surface area (Å²) in [5.41, 5.74) is 6.94. The Morgan fingerprint density at radius 1 is 1.38 bits per heavy atom. The number of carbonyl (C=O) groups is 2. The molecule has 0 radical (unpaired) electrons. The molecule has 0 bridgehead atoms. The Morgan fingerprint density at radius 3 is 2.67 bits per heavy atom. The van der Waals surface area contributed by atoms with Gasteiger partial charge < -0.3 is 16.0 Å². The number of nitrogens with zero attached hydrogens (tertiary/aromatic N) is 1. The number of anilines is 1. The molecule has 1 heterocycles. The Hall–Kier alpha value is -1.56. The average molecular weight is 354 g/mol. The van der Waals surface area contributed by atoms with Gasteiger partial charge in [-0.05, 0) is 47.8 Å². The van der Waals surface area contributed by atoms with Gasteiger partial charge in [-0.1, -0.05) is 6.07 Å². The van der Waals surface area contributed by atoms with Gasteiger partial charge in [-0.2, -0.15) is 0 Å². The van der Waals surface area contributed by atoms with Crippen molar-refractivity contribution in [1.82, 2.24) is 10.2 Å². The van der Waals surface area contributed by atoms with E-state index in [9.17, 15) is 9.59 Å². The fourth-order valence-corrected chi connectivity index (χ4v) is 2.98. The van der Waals surface area contributed by atoms with Gasteiger partial charge in [0.2, 0.25) is 5.91 Å². The Labute approximate surface area is 133 Å². The number of carbonyl (C=O) groups excluding carboxylic acids is 2. The van der Waals surface area contributed by atoms with Crippen LogP contribution in [-0.2, 0) is 4.79 Å². The van der Waals surface area contributed by atoms with E-state index in [0.29, 0.717) is 48.2 Å². The molecule has 5 nitrogen and oxygen atoms in total. The minimum absolute atomic E-state index is 0.0123. The molecule has 1 aromatic rings. The van der Waals surface area contributed by atoms with Crippen molar-refractivity contribution in [2.24, 2.45) is 5.92 Å². The fraction of sp³-hybridized carbons (Fsp3) is 0.467. The zero-order chi connectivity index (χ0) is 15.4. The number of nitrogens with two attached hydrogens (primary N) is 1. The van der Waals surface area contributed by atoms with Crippen LogP contribution in [0.25, 0.3) is 0 Å². The van der Waals surface area contributed by atoms with Crippen LogP contribution < -0.4 is 11.1 Å². The first-order valence-corrected chi connectivity index (χ1v) is 7.94. The molecule has 0 saturated carbocycles. The van der Waals surface area contributed by atoms with Crippen LogP contribution in [0.1, 0.15) is 30.1 Å². The lowest BCUT2D eigenvalue weighted by atomic mass is 9.95. The zero-order valence-corrected chi connectivity index (χ0v) is 13.6. The average Bonchev–Trinajstić information content (AvgIpc) is 2.50. The molecule has 2 rings (SSSR count). The predicted octanol–water partition coefficient (Wildman–Crippen LogP) is 2.02. The number of nitrogen functional groups attached to an aromatic ring is 1. The molecule has 1 aliphatic heterocycles. The molecule has 1 aliphatic rings. The monoisotopic (exact) mass is 353 g/mol. The molecule has 2 amide bonds. The van der Waals surface area contributed by atoms with Crippen LogP contribution in [0.2, 0.25) is 0 Å². The van der Waals surface area contributed by atoms with E-state index in [1.165, 1.54) is 0 Å². The molecule has 0 aliphatic carbocycles. The summed E-state index contributed by atoms with van der Waals surface area (Å²) in [5.74, 6) is 0.0662. The summed E-state index contributed by atoms with van der Waals surface area (Å²) in [6.45, 7) is 3.76. The second-order valence-electron chi connectivity index (χ2n) is 5.17. The highest BCUT2D eigenvalue weighted by Gasteiger charge is 2.28. The Kier molecular flexibility index (Phi) is 5.22. The number of rotatable bonds is 3. The number of amides is 2. The molecule has 114 valence electrons. The molecule has 6 heteroatoms. The van der Waals surface area contributed by atoms with E-state index in [1.54, 1.807) is 23.1 Å². The molecule has 21 heavy (non-hydrogen) atoms. The molecule has 0 spiro atoms. The molecule has 0 unspecified atom stereocenters. The molecule has 0 atom stereocenters. The van der Waals surface area contributed by atoms with Crippen LogP contribution in [0.5, 0.6) is 0 Å². The third-order valence-electron chi connectivity index (χ3n) is 3.76. The highest BCUT2D eigenvalue weighted by atomic mass is 79.9. The van der Waals surface area contributed by atoms with E-state index in [0.717, 1.165) is 0 Å². The summed E-state index contributed by atoms with van der Waals surface area (Å²) in [6.07, 6.45) is 1.41. The van der Waals surface area contributed by atoms with Crippen molar-refractivity contribution in [3.05, 3.63) is 28.2 Å². The maximum Gasteiger partial charge on any atom is 0.255 e. The molecular formula is C15H20BrN3O2. The number of piperidine rings is 1. The SMILES string of the molecule is CCNC(=O)C1CCN(C(=O)c2cccc(N)c2Br)CC1. The smallest absolute Gasteiger partial charge is 0.255 e. The summed E-state index contributed by atoms with van der Waals surface area (Å²) in [6, 6.07) is 5.29.